The van der Waals surface area contributed by atoms with Gasteiger partial charge in [-0.05, 0) is 49.8 Å². The predicted molar refractivity (Wildman–Crippen MR) is 95.5 cm³/mol. The molecule has 2 aliphatic heterocycles. The van der Waals surface area contributed by atoms with Crippen LogP contribution in [0.4, 0.5) is 0 Å². The summed E-state index contributed by atoms with van der Waals surface area (Å²) in [5.74, 6) is 2.95. The number of rotatable bonds is 1. The van der Waals surface area contributed by atoms with Crippen LogP contribution in [0.5, 0.6) is 5.75 Å². The van der Waals surface area contributed by atoms with Crippen LogP contribution in [0.3, 0.4) is 0 Å². The molecule has 2 atom stereocenters. The van der Waals surface area contributed by atoms with E-state index in [1.165, 1.54) is 0 Å². The van der Waals surface area contributed by atoms with E-state index in [0.717, 1.165) is 47.5 Å². The summed E-state index contributed by atoms with van der Waals surface area (Å²) in [6.07, 6.45) is 3.07. The maximum Gasteiger partial charge on any atom is 0.216 e. The van der Waals surface area contributed by atoms with Gasteiger partial charge >= 0.3 is 0 Å². The first-order valence-electron chi connectivity index (χ1n) is 8.33. The summed E-state index contributed by atoms with van der Waals surface area (Å²) in [6.45, 7) is 7.27. The van der Waals surface area contributed by atoms with Gasteiger partial charge in [0.15, 0.2) is 0 Å². The van der Waals surface area contributed by atoms with E-state index in [2.05, 4.69) is 35.8 Å². The van der Waals surface area contributed by atoms with Crippen LogP contribution in [0.15, 0.2) is 27.7 Å². The van der Waals surface area contributed by atoms with Crippen molar-refractivity contribution in [3.63, 3.8) is 0 Å². The molecule has 2 heterocycles. The van der Waals surface area contributed by atoms with Crippen molar-refractivity contribution in [3.05, 3.63) is 28.2 Å². The van der Waals surface area contributed by atoms with Gasteiger partial charge in [-0.3, -0.25) is 0 Å². The minimum absolute atomic E-state index is 0.561. The standard InChI is InChI=1S/C18H25BrN2O2/c1-12(2)14-6-5-9-18(20-13(3)21(4)23-18)16-10-15(19)7-8-17(16)22-11-14/h7-8,10,12,14H,5-6,9,11H2,1-4H3. The van der Waals surface area contributed by atoms with Gasteiger partial charge in [-0.25, -0.2) is 14.9 Å². The number of hydrogen-bond donors (Lipinski definition) is 0. The summed E-state index contributed by atoms with van der Waals surface area (Å²) in [6, 6.07) is 6.13. The van der Waals surface area contributed by atoms with Crippen LogP contribution in [-0.2, 0) is 10.6 Å². The average Bonchev–Trinajstić information content (AvgIpc) is 2.81. The molecule has 0 radical (unpaired) electrons. The molecule has 2 unspecified atom stereocenters. The molecule has 0 saturated carbocycles. The van der Waals surface area contributed by atoms with Crippen LogP contribution in [0.1, 0.15) is 45.6 Å². The molecule has 1 aromatic carbocycles. The Morgan fingerprint density at radius 2 is 2.17 bits per heavy atom. The number of nitrogens with zero attached hydrogens (tertiary/aromatic N) is 2. The zero-order valence-electron chi connectivity index (χ0n) is 14.3. The number of ether oxygens (including phenoxy) is 1. The van der Waals surface area contributed by atoms with E-state index in [0.29, 0.717) is 11.8 Å². The summed E-state index contributed by atoms with van der Waals surface area (Å²) in [5.41, 5.74) is 0.351. The van der Waals surface area contributed by atoms with Crippen molar-refractivity contribution in [1.82, 2.24) is 5.06 Å². The smallest absolute Gasteiger partial charge is 0.216 e. The third kappa shape index (κ3) is 3.26. The molecular formula is C18H25BrN2O2. The van der Waals surface area contributed by atoms with E-state index in [1.54, 1.807) is 5.06 Å². The molecular weight excluding hydrogens is 356 g/mol. The van der Waals surface area contributed by atoms with Crippen molar-refractivity contribution < 1.29 is 9.57 Å². The Labute approximate surface area is 147 Å². The lowest BCUT2D eigenvalue weighted by atomic mass is 9.89. The van der Waals surface area contributed by atoms with Crippen molar-refractivity contribution >= 4 is 21.8 Å². The number of aliphatic imine (C=N–C) groups is 1. The Balaban J connectivity index is 2.04. The van der Waals surface area contributed by atoms with Crippen LogP contribution in [0, 0.1) is 11.8 Å². The fourth-order valence-corrected chi connectivity index (χ4v) is 3.69. The van der Waals surface area contributed by atoms with Crippen molar-refractivity contribution in [2.24, 2.45) is 16.8 Å². The minimum Gasteiger partial charge on any atom is -0.493 e. The van der Waals surface area contributed by atoms with Crippen molar-refractivity contribution in [3.8, 4) is 5.75 Å². The van der Waals surface area contributed by atoms with E-state index < -0.39 is 5.72 Å². The number of hydrogen-bond acceptors (Lipinski definition) is 4. The highest BCUT2D eigenvalue weighted by molar-refractivity contribution is 9.10. The molecule has 0 aliphatic carbocycles. The zero-order chi connectivity index (χ0) is 16.6. The highest BCUT2D eigenvalue weighted by atomic mass is 79.9. The van der Waals surface area contributed by atoms with Gasteiger partial charge in [0.1, 0.15) is 11.6 Å². The van der Waals surface area contributed by atoms with Gasteiger partial charge < -0.3 is 4.74 Å². The molecule has 0 aromatic heterocycles. The van der Waals surface area contributed by atoms with E-state index in [4.69, 9.17) is 14.6 Å². The maximum absolute atomic E-state index is 6.21. The lowest BCUT2D eigenvalue weighted by Crippen LogP contribution is -2.29. The largest absolute Gasteiger partial charge is 0.493 e. The Hall–Kier alpha value is -1.07. The van der Waals surface area contributed by atoms with Crippen molar-refractivity contribution in [2.45, 2.75) is 45.8 Å². The van der Waals surface area contributed by atoms with Gasteiger partial charge in [0.25, 0.3) is 0 Å². The second-order valence-electron chi connectivity index (χ2n) is 6.88. The molecule has 0 bridgehead atoms. The van der Waals surface area contributed by atoms with Crippen LogP contribution in [0.25, 0.3) is 0 Å². The molecule has 0 N–H and O–H groups in total. The molecule has 23 heavy (non-hydrogen) atoms. The van der Waals surface area contributed by atoms with Crippen LogP contribution >= 0.6 is 15.9 Å². The third-order valence-electron chi connectivity index (χ3n) is 4.93. The number of fused-ring (bicyclic) bond motifs is 2. The summed E-state index contributed by atoms with van der Waals surface area (Å²) in [5, 5.41) is 1.77. The van der Waals surface area contributed by atoms with E-state index in [1.807, 2.05) is 26.1 Å². The third-order valence-corrected chi connectivity index (χ3v) is 5.43. The zero-order valence-corrected chi connectivity index (χ0v) is 15.9. The summed E-state index contributed by atoms with van der Waals surface area (Å²) in [4.78, 5) is 11.1. The van der Waals surface area contributed by atoms with Gasteiger partial charge in [0.2, 0.25) is 5.72 Å². The minimum atomic E-state index is -0.663. The fraction of sp³-hybridized carbons (Fsp3) is 0.611. The van der Waals surface area contributed by atoms with Gasteiger partial charge in [-0.1, -0.05) is 29.8 Å². The Bertz CT molecular complexity index is 617. The molecule has 126 valence electrons. The molecule has 4 nitrogen and oxygen atoms in total. The predicted octanol–water partition coefficient (Wildman–Crippen LogP) is 4.73. The van der Waals surface area contributed by atoms with Gasteiger partial charge in [0.05, 0.1) is 12.2 Å². The number of amidine groups is 1. The Morgan fingerprint density at radius 1 is 1.39 bits per heavy atom. The van der Waals surface area contributed by atoms with Crippen LogP contribution < -0.4 is 4.74 Å². The summed E-state index contributed by atoms with van der Waals surface area (Å²) < 4.78 is 7.22. The second-order valence-corrected chi connectivity index (χ2v) is 7.80. The average molecular weight is 381 g/mol. The van der Waals surface area contributed by atoms with E-state index in [9.17, 15) is 0 Å². The first kappa shape index (κ1) is 16.8. The lowest BCUT2D eigenvalue weighted by molar-refractivity contribution is -0.176. The van der Waals surface area contributed by atoms with E-state index >= 15 is 0 Å². The van der Waals surface area contributed by atoms with Crippen molar-refractivity contribution in [1.29, 1.82) is 0 Å². The van der Waals surface area contributed by atoms with Crippen molar-refractivity contribution in [2.75, 3.05) is 13.7 Å². The lowest BCUT2D eigenvalue weighted by Gasteiger charge is -2.28. The number of benzene rings is 1. The SMILES string of the molecule is CC1=NC2(CCCC(C(C)C)COc3ccc(Br)cc32)ON1C. The molecule has 0 fully saturated rings. The highest BCUT2D eigenvalue weighted by Crippen LogP contribution is 2.44. The van der Waals surface area contributed by atoms with Crippen LogP contribution in [0.2, 0.25) is 0 Å². The van der Waals surface area contributed by atoms with Gasteiger partial charge in [-0.2, -0.15) is 0 Å². The molecule has 2 aliphatic rings. The Morgan fingerprint density at radius 3 is 2.83 bits per heavy atom. The number of hydroxylamine groups is 2. The summed E-state index contributed by atoms with van der Waals surface area (Å²) >= 11 is 3.58. The molecule has 3 rings (SSSR count). The van der Waals surface area contributed by atoms with Gasteiger partial charge in [-0.15, -0.1) is 0 Å². The monoisotopic (exact) mass is 380 g/mol. The Kier molecular flexibility index (Phi) is 4.70. The molecule has 0 saturated heterocycles. The molecule has 5 heteroatoms. The maximum atomic E-state index is 6.21. The van der Waals surface area contributed by atoms with E-state index in [-0.39, 0.29) is 0 Å². The first-order valence-corrected chi connectivity index (χ1v) is 9.13. The number of halogens is 1. The molecule has 1 aromatic rings. The van der Waals surface area contributed by atoms with Crippen LogP contribution in [-0.4, -0.2) is 24.6 Å². The quantitative estimate of drug-likeness (QED) is 0.705. The highest BCUT2D eigenvalue weighted by Gasteiger charge is 2.43. The normalized spacial score (nSPS) is 28.0. The molecule has 0 amide bonds. The second kappa shape index (κ2) is 6.44. The molecule has 1 spiro atoms. The fourth-order valence-electron chi connectivity index (χ4n) is 3.33. The topological polar surface area (TPSA) is 34.1 Å². The first-order chi connectivity index (χ1) is 10.9. The summed E-state index contributed by atoms with van der Waals surface area (Å²) in [7, 11) is 1.91. The van der Waals surface area contributed by atoms with Gasteiger partial charge in [0, 0.05) is 17.9 Å².